The van der Waals surface area contributed by atoms with Crippen LogP contribution in [0.3, 0.4) is 0 Å². The number of benzene rings is 2. The molecule has 25 heavy (non-hydrogen) atoms. The van der Waals surface area contributed by atoms with Gasteiger partial charge in [-0.2, -0.15) is 0 Å². The molecular weight excluding hydrogens is 312 g/mol. The minimum absolute atomic E-state index is 0.164. The summed E-state index contributed by atoms with van der Waals surface area (Å²) in [6.07, 6.45) is 5.50. The maximum atomic E-state index is 12.0. The van der Waals surface area contributed by atoms with Crippen molar-refractivity contribution in [2.45, 2.75) is 26.6 Å². The van der Waals surface area contributed by atoms with Crippen molar-refractivity contribution in [1.82, 2.24) is 20.2 Å². The van der Waals surface area contributed by atoms with Gasteiger partial charge in [-0.25, -0.2) is 9.78 Å². The Morgan fingerprint density at radius 3 is 2.64 bits per heavy atom. The first-order chi connectivity index (χ1) is 12.2. The number of aromatic nitrogens is 2. The van der Waals surface area contributed by atoms with E-state index in [1.54, 1.807) is 12.5 Å². The number of carbonyl (C=O) groups is 1. The minimum atomic E-state index is -0.164. The van der Waals surface area contributed by atoms with Crippen LogP contribution in [0.1, 0.15) is 22.3 Å². The second-order valence-electron chi connectivity index (χ2n) is 6.02. The van der Waals surface area contributed by atoms with Crippen LogP contribution in [-0.2, 0) is 19.6 Å². The highest BCUT2D eigenvalue weighted by Gasteiger charge is 2.03. The molecule has 0 fully saturated rings. The molecule has 1 heterocycles. The number of aryl methyl sites for hydroxylation is 1. The number of imidazole rings is 1. The third-order valence-electron chi connectivity index (χ3n) is 4.07. The number of hydrogen-bond acceptors (Lipinski definition) is 2. The number of nitrogens with one attached hydrogen (secondary N) is 2. The molecular formula is C20H22N4O. The molecule has 1 aromatic heterocycles. The normalized spacial score (nSPS) is 10.4. The van der Waals surface area contributed by atoms with Crippen molar-refractivity contribution in [3.05, 3.63) is 89.5 Å². The van der Waals surface area contributed by atoms with Crippen molar-refractivity contribution in [1.29, 1.82) is 0 Å². The zero-order valence-electron chi connectivity index (χ0n) is 14.3. The second kappa shape index (κ2) is 8.15. The summed E-state index contributed by atoms with van der Waals surface area (Å²) in [5.41, 5.74) is 4.55. The quantitative estimate of drug-likeness (QED) is 0.727. The summed E-state index contributed by atoms with van der Waals surface area (Å²) in [7, 11) is 0. The molecule has 2 aromatic carbocycles. The third kappa shape index (κ3) is 4.94. The van der Waals surface area contributed by atoms with Crippen molar-refractivity contribution in [2.75, 3.05) is 0 Å². The van der Waals surface area contributed by atoms with E-state index in [9.17, 15) is 4.79 Å². The van der Waals surface area contributed by atoms with Crippen molar-refractivity contribution >= 4 is 6.03 Å². The molecule has 0 unspecified atom stereocenters. The second-order valence-corrected chi connectivity index (χ2v) is 6.02. The lowest BCUT2D eigenvalue weighted by atomic mass is 10.1. The minimum Gasteiger partial charge on any atom is -0.334 e. The van der Waals surface area contributed by atoms with Gasteiger partial charge in [0.15, 0.2) is 0 Å². The molecule has 3 aromatic rings. The summed E-state index contributed by atoms with van der Waals surface area (Å²) in [5.74, 6) is 0. The van der Waals surface area contributed by atoms with E-state index in [0.29, 0.717) is 13.1 Å². The van der Waals surface area contributed by atoms with E-state index in [0.717, 1.165) is 17.7 Å². The van der Waals surface area contributed by atoms with Crippen LogP contribution < -0.4 is 10.6 Å². The van der Waals surface area contributed by atoms with Gasteiger partial charge in [0.1, 0.15) is 0 Å². The zero-order chi connectivity index (χ0) is 17.5. The van der Waals surface area contributed by atoms with Crippen LogP contribution in [0.25, 0.3) is 0 Å². The molecule has 0 aliphatic heterocycles. The predicted octanol–water partition coefficient (Wildman–Crippen LogP) is 3.24. The SMILES string of the molecule is Cc1ccccc1CNC(=O)NCc1cccc(Cn2ccnc2)c1. The van der Waals surface area contributed by atoms with Crippen molar-refractivity contribution < 1.29 is 4.79 Å². The summed E-state index contributed by atoms with van der Waals surface area (Å²) in [4.78, 5) is 16.1. The van der Waals surface area contributed by atoms with Gasteiger partial charge in [-0.1, -0.05) is 48.5 Å². The van der Waals surface area contributed by atoms with Gasteiger partial charge in [0.25, 0.3) is 0 Å². The zero-order valence-corrected chi connectivity index (χ0v) is 14.3. The van der Waals surface area contributed by atoms with E-state index >= 15 is 0 Å². The Morgan fingerprint density at radius 1 is 1.04 bits per heavy atom. The average molecular weight is 334 g/mol. The van der Waals surface area contributed by atoms with Gasteiger partial charge in [0, 0.05) is 32.0 Å². The van der Waals surface area contributed by atoms with Gasteiger partial charge in [-0.15, -0.1) is 0 Å². The summed E-state index contributed by atoms with van der Waals surface area (Å²) in [6, 6.07) is 16.1. The van der Waals surface area contributed by atoms with E-state index in [1.807, 2.05) is 54.1 Å². The van der Waals surface area contributed by atoms with Crippen LogP contribution in [0.2, 0.25) is 0 Å². The van der Waals surface area contributed by atoms with Crippen molar-refractivity contribution in [3.8, 4) is 0 Å². The predicted molar refractivity (Wildman–Crippen MR) is 98.0 cm³/mol. The topological polar surface area (TPSA) is 59.0 Å². The fourth-order valence-electron chi connectivity index (χ4n) is 2.66. The molecule has 0 atom stereocenters. The van der Waals surface area contributed by atoms with Crippen LogP contribution in [0.5, 0.6) is 0 Å². The van der Waals surface area contributed by atoms with E-state index in [2.05, 4.69) is 27.8 Å². The number of amides is 2. The molecule has 2 amide bonds. The first-order valence-corrected chi connectivity index (χ1v) is 8.30. The highest BCUT2D eigenvalue weighted by molar-refractivity contribution is 5.73. The first kappa shape index (κ1) is 16.8. The summed E-state index contributed by atoms with van der Waals surface area (Å²) < 4.78 is 2.02. The molecule has 5 nitrogen and oxygen atoms in total. The van der Waals surface area contributed by atoms with Crippen molar-refractivity contribution in [3.63, 3.8) is 0 Å². The number of nitrogens with zero attached hydrogens (tertiary/aromatic N) is 2. The highest BCUT2D eigenvalue weighted by atomic mass is 16.2. The maximum Gasteiger partial charge on any atom is 0.315 e. The molecule has 2 N–H and O–H groups in total. The summed E-state index contributed by atoms with van der Waals surface area (Å²) in [6.45, 7) is 3.84. The van der Waals surface area contributed by atoms with E-state index in [1.165, 1.54) is 11.1 Å². The van der Waals surface area contributed by atoms with E-state index in [4.69, 9.17) is 0 Å². The Morgan fingerprint density at radius 2 is 1.84 bits per heavy atom. The Bertz CT molecular complexity index is 827. The fourth-order valence-corrected chi connectivity index (χ4v) is 2.66. The Kier molecular flexibility index (Phi) is 5.46. The Balaban J connectivity index is 1.49. The Labute approximate surface area is 147 Å². The van der Waals surface area contributed by atoms with Gasteiger partial charge >= 0.3 is 6.03 Å². The summed E-state index contributed by atoms with van der Waals surface area (Å²) >= 11 is 0. The highest BCUT2D eigenvalue weighted by Crippen LogP contribution is 2.08. The number of urea groups is 1. The van der Waals surface area contributed by atoms with Gasteiger partial charge in [-0.05, 0) is 29.2 Å². The largest absolute Gasteiger partial charge is 0.334 e. The average Bonchev–Trinajstić information content (AvgIpc) is 3.12. The first-order valence-electron chi connectivity index (χ1n) is 8.30. The van der Waals surface area contributed by atoms with E-state index in [-0.39, 0.29) is 6.03 Å². The van der Waals surface area contributed by atoms with Crippen molar-refractivity contribution in [2.24, 2.45) is 0 Å². The molecule has 0 radical (unpaired) electrons. The molecule has 0 bridgehead atoms. The van der Waals surface area contributed by atoms with Gasteiger partial charge in [0.2, 0.25) is 0 Å². The Hall–Kier alpha value is -3.08. The smallest absolute Gasteiger partial charge is 0.315 e. The van der Waals surface area contributed by atoms with Gasteiger partial charge in [0.05, 0.1) is 6.33 Å². The van der Waals surface area contributed by atoms with Gasteiger partial charge < -0.3 is 15.2 Å². The number of carbonyl (C=O) groups excluding carboxylic acids is 1. The monoisotopic (exact) mass is 334 g/mol. The van der Waals surface area contributed by atoms with Crippen LogP contribution in [0.15, 0.2) is 67.3 Å². The van der Waals surface area contributed by atoms with Crippen LogP contribution in [0.4, 0.5) is 4.79 Å². The molecule has 0 saturated carbocycles. The lowest BCUT2D eigenvalue weighted by Gasteiger charge is -2.10. The number of hydrogen-bond donors (Lipinski definition) is 2. The van der Waals surface area contributed by atoms with Crippen LogP contribution in [-0.4, -0.2) is 15.6 Å². The maximum absolute atomic E-state index is 12.0. The standard InChI is InChI=1S/C20H22N4O/c1-16-5-2-3-8-19(16)13-23-20(25)22-12-17-6-4-7-18(11-17)14-24-10-9-21-15-24/h2-11,15H,12-14H2,1H3,(H2,22,23,25). The molecule has 0 spiro atoms. The fraction of sp³-hybridized carbons (Fsp3) is 0.200. The molecule has 0 saturated heterocycles. The van der Waals surface area contributed by atoms with E-state index < -0.39 is 0 Å². The third-order valence-corrected chi connectivity index (χ3v) is 4.07. The molecule has 128 valence electrons. The lowest BCUT2D eigenvalue weighted by Crippen LogP contribution is -2.34. The van der Waals surface area contributed by atoms with Crippen LogP contribution >= 0.6 is 0 Å². The van der Waals surface area contributed by atoms with Gasteiger partial charge in [-0.3, -0.25) is 0 Å². The molecule has 0 aliphatic rings. The lowest BCUT2D eigenvalue weighted by molar-refractivity contribution is 0.240. The molecule has 0 aliphatic carbocycles. The molecule has 5 heteroatoms. The number of rotatable bonds is 6. The summed E-state index contributed by atoms with van der Waals surface area (Å²) in [5, 5.41) is 5.80. The molecule has 3 rings (SSSR count). The van der Waals surface area contributed by atoms with Crippen LogP contribution in [0, 0.1) is 6.92 Å².